The van der Waals surface area contributed by atoms with Crippen LogP contribution in [0, 0.1) is 13.8 Å². The second-order valence-corrected chi connectivity index (χ2v) is 8.78. The molecule has 3 aliphatic rings. The second-order valence-electron chi connectivity index (χ2n) is 7.72. The van der Waals surface area contributed by atoms with Crippen LogP contribution < -0.4 is 4.90 Å². The third kappa shape index (κ3) is 2.83. The lowest BCUT2D eigenvalue weighted by molar-refractivity contribution is 0.331. The molecule has 3 aliphatic heterocycles. The second kappa shape index (κ2) is 6.86. The van der Waals surface area contributed by atoms with E-state index in [1.807, 2.05) is 24.0 Å². The molecule has 0 aliphatic carbocycles. The van der Waals surface area contributed by atoms with Crippen molar-refractivity contribution < 1.29 is 0 Å². The highest BCUT2D eigenvalue weighted by atomic mass is 32.2. The zero-order valence-electron chi connectivity index (χ0n) is 16.1. The smallest absolute Gasteiger partial charge is 0.160 e. The van der Waals surface area contributed by atoms with Crippen molar-refractivity contribution in [3.63, 3.8) is 0 Å². The number of fused-ring (bicyclic) bond motifs is 1. The van der Waals surface area contributed by atoms with Gasteiger partial charge in [-0.05, 0) is 61.6 Å². The van der Waals surface area contributed by atoms with Gasteiger partial charge in [0.25, 0.3) is 0 Å². The van der Waals surface area contributed by atoms with Gasteiger partial charge in [0.05, 0.1) is 11.7 Å². The van der Waals surface area contributed by atoms with Gasteiger partial charge in [-0.25, -0.2) is 0 Å². The summed E-state index contributed by atoms with van der Waals surface area (Å²) in [6, 6.07) is 11.2. The molecule has 2 atom stereocenters. The first-order valence-corrected chi connectivity index (χ1v) is 11.0. The van der Waals surface area contributed by atoms with Crippen molar-refractivity contribution in [1.82, 2.24) is 9.88 Å². The van der Waals surface area contributed by atoms with Gasteiger partial charge in [-0.2, -0.15) is 0 Å². The lowest BCUT2D eigenvalue weighted by Crippen LogP contribution is -2.28. The van der Waals surface area contributed by atoms with Crippen LogP contribution in [0.1, 0.15) is 47.3 Å². The Bertz CT molecular complexity index is 873. The molecule has 4 heterocycles. The SMILES string of the molecule is Cc1c([C@H]2[C@H](c3ccccn3)N=C3SCCN32)ccc(N2CCCC2)c1C. The number of rotatable bonds is 3. The van der Waals surface area contributed by atoms with Crippen molar-refractivity contribution in [3.05, 3.63) is 58.9 Å². The number of hydrogen-bond acceptors (Lipinski definition) is 5. The van der Waals surface area contributed by atoms with Gasteiger partial charge in [0.2, 0.25) is 0 Å². The standard InChI is InChI=1S/C22H26N4S/c1-15-16(2)19(25-11-5-6-12-25)9-8-17(15)21-20(18-7-3-4-10-23-18)24-22-26(21)13-14-27-22/h3-4,7-10,20-21H,5-6,11-14H2,1-2H3/t20-,21-/m0/s1. The Morgan fingerprint density at radius 2 is 1.85 bits per heavy atom. The number of hydrogen-bond donors (Lipinski definition) is 0. The molecule has 2 aromatic rings. The van der Waals surface area contributed by atoms with Gasteiger partial charge >= 0.3 is 0 Å². The third-order valence-electron chi connectivity index (χ3n) is 6.25. The molecule has 1 aromatic carbocycles. The zero-order chi connectivity index (χ0) is 18.4. The van der Waals surface area contributed by atoms with E-state index in [0.717, 1.165) is 18.0 Å². The van der Waals surface area contributed by atoms with Crippen LogP contribution >= 0.6 is 11.8 Å². The fourth-order valence-electron chi connectivity index (χ4n) is 4.71. The zero-order valence-corrected chi connectivity index (χ0v) is 16.9. The molecule has 2 saturated heterocycles. The monoisotopic (exact) mass is 378 g/mol. The maximum atomic E-state index is 5.08. The molecule has 1 aromatic heterocycles. The van der Waals surface area contributed by atoms with E-state index in [4.69, 9.17) is 4.99 Å². The van der Waals surface area contributed by atoms with Crippen LogP contribution in [-0.2, 0) is 0 Å². The summed E-state index contributed by atoms with van der Waals surface area (Å²) in [6.45, 7) is 8.04. The van der Waals surface area contributed by atoms with Crippen molar-refractivity contribution in [2.24, 2.45) is 4.99 Å². The first-order valence-electron chi connectivity index (χ1n) is 9.97. The molecule has 5 heteroatoms. The molecule has 0 N–H and O–H groups in total. The summed E-state index contributed by atoms with van der Waals surface area (Å²) in [5.41, 5.74) is 6.74. The van der Waals surface area contributed by atoms with Crippen LogP contribution in [0.25, 0.3) is 0 Å². The predicted molar refractivity (Wildman–Crippen MR) is 114 cm³/mol. The van der Waals surface area contributed by atoms with Gasteiger partial charge in [0.15, 0.2) is 5.17 Å². The van der Waals surface area contributed by atoms with Crippen LogP contribution in [0.3, 0.4) is 0 Å². The highest BCUT2D eigenvalue weighted by molar-refractivity contribution is 8.14. The van der Waals surface area contributed by atoms with Gasteiger partial charge in [-0.15, -0.1) is 0 Å². The quantitative estimate of drug-likeness (QED) is 0.787. The van der Waals surface area contributed by atoms with E-state index in [1.165, 1.54) is 53.5 Å². The summed E-state index contributed by atoms with van der Waals surface area (Å²) in [5, 5.41) is 1.19. The number of thioether (sulfide) groups is 1. The van der Waals surface area contributed by atoms with Crippen molar-refractivity contribution in [3.8, 4) is 0 Å². The summed E-state index contributed by atoms with van der Waals surface area (Å²) in [4.78, 5) is 14.8. The Kier molecular flexibility index (Phi) is 4.35. The van der Waals surface area contributed by atoms with E-state index in [2.05, 4.69) is 52.9 Å². The Morgan fingerprint density at radius 1 is 1.00 bits per heavy atom. The molecule has 5 rings (SSSR count). The first kappa shape index (κ1) is 17.1. The average Bonchev–Trinajstić information content (AvgIpc) is 3.42. The molecular weight excluding hydrogens is 352 g/mol. The Hall–Kier alpha value is -2.01. The number of nitrogens with zero attached hydrogens (tertiary/aromatic N) is 4. The van der Waals surface area contributed by atoms with E-state index in [-0.39, 0.29) is 12.1 Å². The van der Waals surface area contributed by atoms with Crippen molar-refractivity contribution in [1.29, 1.82) is 0 Å². The highest BCUT2D eigenvalue weighted by Crippen LogP contribution is 2.47. The van der Waals surface area contributed by atoms with E-state index < -0.39 is 0 Å². The van der Waals surface area contributed by atoms with E-state index in [1.54, 1.807) is 0 Å². The summed E-state index contributed by atoms with van der Waals surface area (Å²) in [6.07, 6.45) is 4.51. The number of aliphatic imine (C=N–C) groups is 1. The summed E-state index contributed by atoms with van der Waals surface area (Å²) in [7, 11) is 0. The number of pyridine rings is 1. The lowest BCUT2D eigenvalue weighted by atomic mass is 9.90. The van der Waals surface area contributed by atoms with Gasteiger partial charge in [0.1, 0.15) is 6.04 Å². The van der Waals surface area contributed by atoms with E-state index >= 15 is 0 Å². The van der Waals surface area contributed by atoms with Crippen LogP contribution in [0.2, 0.25) is 0 Å². The number of benzene rings is 1. The Morgan fingerprint density at radius 3 is 2.63 bits per heavy atom. The molecule has 0 bridgehead atoms. The number of anilines is 1. The van der Waals surface area contributed by atoms with Crippen LogP contribution in [-0.4, -0.2) is 40.4 Å². The fourth-order valence-corrected chi connectivity index (χ4v) is 5.74. The normalized spacial score (nSPS) is 24.4. The van der Waals surface area contributed by atoms with Crippen molar-refractivity contribution >= 4 is 22.6 Å². The van der Waals surface area contributed by atoms with Gasteiger partial charge in [-0.1, -0.05) is 23.9 Å². The molecule has 0 unspecified atom stereocenters. The third-order valence-corrected chi connectivity index (χ3v) is 7.23. The topological polar surface area (TPSA) is 31.7 Å². The Balaban J connectivity index is 1.56. The minimum Gasteiger partial charge on any atom is -0.371 e. The minimum atomic E-state index is 0.0877. The first-order chi connectivity index (χ1) is 13.2. The molecule has 2 fully saturated rings. The molecule has 0 spiro atoms. The van der Waals surface area contributed by atoms with Crippen LogP contribution in [0.5, 0.6) is 0 Å². The molecule has 0 radical (unpaired) electrons. The van der Waals surface area contributed by atoms with Crippen molar-refractivity contribution in [2.75, 3.05) is 30.3 Å². The average molecular weight is 379 g/mol. The van der Waals surface area contributed by atoms with Gasteiger partial charge in [0, 0.05) is 37.3 Å². The molecule has 0 saturated carbocycles. The molecule has 0 amide bonds. The number of amidine groups is 1. The highest BCUT2D eigenvalue weighted by Gasteiger charge is 2.42. The Labute approximate surface area is 165 Å². The van der Waals surface area contributed by atoms with Crippen LogP contribution in [0.15, 0.2) is 41.5 Å². The molecule has 4 nitrogen and oxygen atoms in total. The predicted octanol–water partition coefficient (Wildman–Crippen LogP) is 4.50. The van der Waals surface area contributed by atoms with Crippen molar-refractivity contribution in [2.45, 2.75) is 38.8 Å². The van der Waals surface area contributed by atoms with Crippen LogP contribution in [0.4, 0.5) is 5.69 Å². The summed E-state index contributed by atoms with van der Waals surface area (Å²) >= 11 is 1.88. The van der Waals surface area contributed by atoms with Gasteiger partial charge in [-0.3, -0.25) is 9.98 Å². The van der Waals surface area contributed by atoms with E-state index in [9.17, 15) is 0 Å². The van der Waals surface area contributed by atoms with E-state index in [0.29, 0.717) is 0 Å². The largest absolute Gasteiger partial charge is 0.371 e. The lowest BCUT2D eigenvalue weighted by Gasteiger charge is -2.30. The number of aromatic nitrogens is 1. The fraction of sp³-hybridized carbons (Fsp3) is 0.455. The molecule has 27 heavy (non-hydrogen) atoms. The summed E-state index contributed by atoms with van der Waals surface area (Å²) < 4.78 is 0. The molecular formula is C22H26N4S. The maximum absolute atomic E-state index is 5.08. The maximum Gasteiger partial charge on any atom is 0.160 e. The molecule has 140 valence electrons. The van der Waals surface area contributed by atoms with Gasteiger partial charge < -0.3 is 9.80 Å². The summed E-state index contributed by atoms with van der Waals surface area (Å²) in [5.74, 6) is 1.13. The minimum absolute atomic E-state index is 0.0877.